The van der Waals surface area contributed by atoms with Gasteiger partial charge < -0.3 is 0 Å². The van der Waals surface area contributed by atoms with Crippen molar-refractivity contribution in [3.63, 3.8) is 0 Å². The fourth-order valence-electron chi connectivity index (χ4n) is 1.94. The monoisotopic (exact) mass is 203 g/mol. The fraction of sp³-hybridized carbons (Fsp3) is 0.500. The lowest BCUT2D eigenvalue weighted by molar-refractivity contribution is 0.711. The molecule has 0 unspecified atom stereocenters. The van der Waals surface area contributed by atoms with E-state index >= 15 is 0 Å². The summed E-state index contributed by atoms with van der Waals surface area (Å²) in [5, 5.41) is 0. The zero-order valence-electron chi connectivity index (χ0n) is 9.92. The number of hydrogen-bond donors (Lipinski definition) is 0. The Bertz CT molecular complexity index is 315. The van der Waals surface area contributed by atoms with E-state index in [1.54, 1.807) is 0 Å². The molecule has 0 bridgehead atoms. The van der Waals surface area contributed by atoms with Crippen LogP contribution in [0.15, 0.2) is 23.2 Å². The van der Waals surface area contributed by atoms with Gasteiger partial charge in [0.2, 0.25) is 0 Å². The Morgan fingerprint density at radius 2 is 2.07 bits per heavy atom. The number of benzene rings is 1. The lowest BCUT2D eigenvalue weighted by Gasteiger charge is -2.10. The number of unbranched alkanes of at least 4 members (excludes halogenated alkanes) is 2. The van der Waals surface area contributed by atoms with Crippen molar-refractivity contribution in [2.75, 3.05) is 0 Å². The molecule has 0 atom stereocenters. The molecule has 0 radical (unpaired) electrons. The minimum absolute atomic E-state index is 0.753. The molecule has 0 N–H and O–H groups in total. The topological polar surface area (TPSA) is 12.4 Å². The van der Waals surface area contributed by atoms with Gasteiger partial charge in [-0.3, -0.25) is 4.99 Å². The Balaban J connectivity index is 2.77. The summed E-state index contributed by atoms with van der Waals surface area (Å²) in [5.41, 5.74) is 4.23. The van der Waals surface area contributed by atoms with Crippen LogP contribution in [-0.2, 0) is 13.0 Å². The lowest BCUT2D eigenvalue weighted by Crippen LogP contribution is -1.97. The molecule has 0 amide bonds. The van der Waals surface area contributed by atoms with Gasteiger partial charge in [-0.15, -0.1) is 0 Å². The molecule has 1 rings (SSSR count). The van der Waals surface area contributed by atoms with Crippen LogP contribution in [0.3, 0.4) is 0 Å². The van der Waals surface area contributed by atoms with Crippen LogP contribution in [0.4, 0.5) is 0 Å². The van der Waals surface area contributed by atoms with Crippen LogP contribution in [0.1, 0.15) is 42.9 Å². The summed E-state index contributed by atoms with van der Waals surface area (Å²) in [6, 6.07) is 6.47. The van der Waals surface area contributed by atoms with Crippen molar-refractivity contribution < 1.29 is 0 Å². The van der Waals surface area contributed by atoms with E-state index in [2.05, 4.69) is 43.8 Å². The molecule has 0 saturated heterocycles. The summed E-state index contributed by atoms with van der Waals surface area (Å²) in [5.74, 6) is 0. The molecule has 0 aliphatic rings. The highest BCUT2D eigenvalue weighted by Gasteiger charge is 2.04. The van der Waals surface area contributed by atoms with E-state index in [9.17, 15) is 0 Å². The van der Waals surface area contributed by atoms with Crippen molar-refractivity contribution in [3.05, 3.63) is 34.9 Å². The second-order valence-corrected chi connectivity index (χ2v) is 4.05. The highest BCUT2D eigenvalue weighted by Crippen LogP contribution is 2.18. The first-order valence-electron chi connectivity index (χ1n) is 5.79. The third-order valence-electron chi connectivity index (χ3n) is 2.82. The zero-order chi connectivity index (χ0) is 11.1. The lowest BCUT2D eigenvalue weighted by atomic mass is 9.97. The van der Waals surface area contributed by atoms with E-state index in [1.165, 1.54) is 42.4 Å². The molecule has 1 nitrogen and oxygen atoms in total. The minimum atomic E-state index is 0.753. The molecule has 15 heavy (non-hydrogen) atoms. The first-order valence-corrected chi connectivity index (χ1v) is 5.79. The molecular formula is C14H21N. The molecule has 0 saturated carbocycles. The minimum Gasteiger partial charge on any atom is -0.296 e. The van der Waals surface area contributed by atoms with Crippen molar-refractivity contribution in [3.8, 4) is 0 Å². The van der Waals surface area contributed by atoms with E-state index in [0.29, 0.717) is 0 Å². The van der Waals surface area contributed by atoms with Gasteiger partial charge in [-0.2, -0.15) is 0 Å². The average molecular weight is 203 g/mol. The summed E-state index contributed by atoms with van der Waals surface area (Å²) in [6.07, 6.45) is 5.06. The van der Waals surface area contributed by atoms with E-state index < -0.39 is 0 Å². The molecule has 0 aromatic heterocycles. The van der Waals surface area contributed by atoms with Crippen LogP contribution in [0.2, 0.25) is 0 Å². The normalized spacial score (nSPS) is 10.3. The SMILES string of the molecule is C=NCc1cccc(C)c1CCCCC. The molecule has 0 aliphatic carbocycles. The molecule has 0 aliphatic heterocycles. The third kappa shape index (κ3) is 3.50. The third-order valence-corrected chi connectivity index (χ3v) is 2.82. The molecule has 82 valence electrons. The van der Waals surface area contributed by atoms with Crippen LogP contribution in [0, 0.1) is 6.92 Å². The summed E-state index contributed by atoms with van der Waals surface area (Å²) < 4.78 is 0. The molecule has 1 aromatic carbocycles. The van der Waals surface area contributed by atoms with Crippen LogP contribution >= 0.6 is 0 Å². The summed E-state index contributed by atoms with van der Waals surface area (Å²) >= 11 is 0. The van der Waals surface area contributed by atoms with Gasteiger partial charge in [0.1, 0.15) is 0 Å². The average Bonchev–Trinajstić information content (AvgIpc) is 2.23. The Kier molecular flexibility index (Phi) is 5.09. The van der Waals surface area contributed by atoms with Gasteiger partial charge in [-0.25, -0.2) is 0 Å². The second-order valence-electron chi connectivity index (χ2n) is 4.05. The second kappa shape index (κ2) is 6.39. The summed E-state index contributed by atoms with van der Waals surface area (Å²) in [4.78, 5) is 3.99. The van der Waals surface area contributed by atoms with Crippen LogP contribution in [-0.4, -0.2) is 6.72 Å². The number of nitrogens with zero attached hydrogens (tertiary/aromatic N) is 1. The number of hydrogen-bond acceptors (Lipinski definition) is 1. The maximum absolute atomic E-state index is 3.99. The number of aliphatic imine (C=N–C) groups is 1. The van der Waals surface area contributed by atoms with E-state index in [0.717, 1.165) is 6.54 Å². The van der Waals surface area contributed by atoms with Gasteiger partial charge in [0.25, 0.3) is 0 Å². The summed E-state index contributed by atoms with van der Waals surface area (Å²) in [7, 11) is 0. The van der Waals surface area contributed by atoms with Gasteiger partial charge in [-0.05, 0) is 43.2 Å². The first-order chi connectivity index (χ1) is 7.29. The van der Waals surface area contributed by atoms with Crippen LogP contribution in [0.5, 0.6) is 0 Å². The fourth-order valence-corrected chi connectivity index (χ4v) is 1.94. The highest BCUT2D eigenvalue weighted by atomic mass is 14.7. The smallest absolute Gasteiger partial charge is 0.0635 e. The zero-order valence-corrected chi connectivity index (χ0v) is 9.92. The van der Waals surface area contributed by atoms with Gasteiger partial charge in [0, 0.05) is 0 Å². The Labute approximate surface area is 93.2 Å². The highest BCUT2D eigenvalue weighted by molar-refractivity contribution is 5.36. The molecule has 1 aromatic rings. The number of aryl methyl sites for hydroxylation is 1. The molecule has 0 fully saturated rings. The van der Waals surface area contributed by atoms with Crippen molar-refractivity contribution in [2.24, 2.45) is 4.99 Å². The van der Waals surface area contributed by atoms with Crippen molar-refractivity contribution >= 4 is 6.72 Å². The van der Waals surface area contributed by atoms with Gasteiger partial charge >= 0.3 is 0 Å². The van der Waals surface area contributed by atoms with Gasteiger partial charge in [0.15, 0.2) is 0 Å². The maximum atomic E-state index is 3.99. The molecule has 1 heteroatoms. The Morgan fingerprint density at radius 1 is 1.27 bits per heavy atom. The maximum Gasteiger partial charge on any atom is 0.0635 e. The summed E-state index contributed by atoms with van der Waals surface area (Å²) in [6.45, 7) is 8.75. The van der Waals surface area contributed by atoms with Gasteiger partial charge in [0.05, 0.1) is 6.54 Å². The quantitative estimate of drug-likeness (QED) is 0.490. The molecule has 0 heterocycles. The molecular weight excluding hydrogens is 182 g/mol. The Hall–Kier alpha value is -1.11. The van der Waals surface area contributed by atoms with Crippen LogP contribution < -0.4 is 0 Å². The van der Waals surface area contributed by atoms with E-state index in [-0.39, 0.29) is 0 Å². The molecule has 0 spiro atoms. The van der Waals surface area contributed by atoms with E-state index in [1.807, 2.05) is 0 Å². The Morgan fingerprint density at radius 3 is 2.73 bits per heavy atom. The standard InChI is InChI=1S/C14H21N/c1-4-5-6-10-14-12(2)8-7-9-13(14)11-15-3/h7-9H,3-6,10-11H2,1-2H3. The predicted octanol–water partition coefficient (Wildman–Crippen LogP) is 3.93. The predicted molar refractivity (Wildman–Crippen MR) is 67.7 cm³/mol. The van der Waals surface area contributed by atoms with Crippen molar-refractivity contribution in [1.82, 2.24) is 0 Å². The largest absolute Gasteiger partial charge is 0.296 e. The van der Waals surface area contributed by atoms with Gasteiger partial charge in [-0.1, -0.05) is 38.0 Å². The number of rotatable bonds is 6. The van der Waals surface area contributed by atoms with Crippen molar-refractivity contribution in [1.29, 1.82) is 0 Å². The van der Waals surface area contributed by atoms with Crippen molar-refractivity contribution in [2.45, 2.75) is 46.1 Å². The first kappa shape index (κ1) is 12.0. The van der Waals surface area contributed by atoms with E-state index in [4.69, 9.17) is 0 Å². The van der Waals surface area contributed by atoms with Crippen LogP contribution in [0.25, 0.3) is 0 Å².